The molecule has 0 aliphatic carbocycles. The van der Waals surface area contributed by atoms with Crippen molar-refractivity contribution < 1.29 is 49.7 Å². The van der Waals surface area contributed by atoms with Gasteiger partial charge in [-0.25, -0.2) is 0 Å². The third-order valence-electron chi connectivity index (χ3n) is 7.71. The Hall–Kier alpha value is -4.61. The van der Waals surface area contributed by atoms with Crippen LogP contribution < -0.4 is 5.11 Å². The van der Waals surface area contributed by atoms with E-state index in [1.165, 1.54) is 0 Å². The number of aromatic nitrogens is 2. The summed E-state index contributed by atoms with van der Waals surface area (Å²) in [5.41, 5.74) is 7.01. The predicted octanol–water partition coefficient (Wildman–Crippen LogP) is 7.03. The van der Waals surface area contributed by atoms with Gasteiger partial charge in [0, 0.05) is 5.75 Å². The number of aliphatic hydroxyl groups excluding tert-OH is 2. The molecule has 2 aromatic heterocycles. The van der Waals surface area contributed by atoms with Gasteiger partial charge in [-0.05, 0) is 46.9 Å². The Kier molecular flexibility index (Phi) is 14.3. The van der Waals surface area contributed by atoms with E-state index in [9.17, 15) is 5.11 Å². The summed E-state index contributed by atoms with van der Waals surface area (Å²) in [5.74, 6) is 2.73. The van der Waals surface area contributed by atoms with E-state index in [4.69, 9.17) is 19.0 Å². The monoisotopic (exact) mass is 879 g/mol. The number of para-hydroxylation sites is 1. The molecule has 11 heteroatoms. The Morgan fingerprint density at radius 2 is 1.27 bits per heavy atom. The van der Waals surface area contributed by atoms with Crippen molar-refractivity contribution in [2.45, 2.75) is 33.1 Å². The van der Waals surface area contributed by atoms with E-state index in [2.05, 4.69) is 40.9 Å². The van der Waals surface area contributed by atoms with Crippen molar-refractivity contribution in [2.24, 2.45) is 10.9 Å². The molecule has 51 heavy (non-hydrogen) atoms. The van der Waals surface area contributed by atoms with Crippen LogP contribution in [0.1, 0.15) is 30.5 Å². The number of hydrogen-bond donors (Lipinski definition) is 2. The molecule has 8 rings (SSSR count). The average Bonchev–Trinajstić information content (AvgIpc) is 3.91. The molecular weight excluding hydrogens is 843 g/mol. The Bertz CT molecular complexity index is 2050. The normalized spacial score (nSPS) is 13.4. The quantitative estimate of drug-likeness (QED) is 0.169. The molecular formula is C40H36IrN3O6S. The van der Waals surface area contributed by atoms with E-state index >= 15 is 0 Å². The number of thioether (sulfide) groups is 1. The Labute approximate surface area is 313 Å². The van der Waals surface area contributed by atoms with Crippen LogP contribution >= 0.6 is 11.8 Å². The van der Waals surface area contributed by atoms with Crippen LogP contribution in [0, 0.1) is 18.1 Å². The zero-order valence-corrected chi connectivity index (χ0v) is 31.1. The molecule has 1 aliphatic rings. The fourth-order valence-corrected chi connectivity index (χ4v) is 6.27. The minimum Gasteiger partial charge on any atom is -0.872 e. The fraction of sp³-hybridized carbons (Fsp3) is 0.175. The molecule has 0 spiro atoms. The Balaban J connectivity index is 0.000000169. The summed E-state index contributed by atoms with van der Waals surface area (Å²) in [7, 11) is 0. The molecule has 0 saturated carbocycles. The molecule has 0 saturated heterocycles. The van der Waals surface area contributed by atoms with Crippen LogP contribution in [0.15, 0.2) is 123 Å². The number of fused-ring (bicyclic) bond motifs is 2. The molecule has 5 aromatic carbocycles. The van der Waals surface area contributed by atoms with Crippen molar-refractivity contribution >= 4 is 39.0 Å². The first-order valence-corrected chi connectivity index (χ1v) is 16.8. The molecule has 262 valence electrons. The van der Waals surface area contributed by atoms with Gasteiger partial charge in [0.15, 0.2) is 0 Å². The number of aliphatic imine (C=N–C) groups is 1. The summed E-state index contributed by atoms with van der Waals surface area (Å²) in [6.45, 7) is 4.35. The van der Waals surface area contributed by atoms with Crippen LogP contribution in [-0.4, -0.2) is 42.5 Å². The number of nitrogens with zero attached hydrogens (tertiary/aromatic N) is 3. The Morgan fingerprint density at radius 3 is 1.71 bits per heavy atom. The average molecular weight is 879 g/mol. The van der Waals surface area contributed by atoms with Crippen LogP contribution in [0.3, 0.4) is 0 Å². The summed E-state index contributed by atoms with van der Waals surface area (Å²) in [6, 6.07) is 39.6. The van der Waals surface area contributed by atoms with Gasteiger partial charge in [-0.15, -0.1) is 72.4 Å². The van der Waals surface area contributed by atoms with E-state index in [1.807, 2.05) is 97.1 Å². The van der Waals surface area contributed by atoms with Gasteiger partial charge in [-0.1, -0.05) is 67.1 Å². The van der Waals surface area contributed by atoms with Crippen molar-refractivity contribution in [1.82, 2.24) is 9.97 Å². The molecule has 1 atom stereocenters. The van der Waals surface area contributed by atoms with E-state index in [-0.39, 0.29) is 44.5 Å². The number of oxazole rings is 2. The number of rotatable bonds is 6. The second kappa shape index (κ2) is 18.6. The van der Waals surface area contributed by atoms with E-state index in [0.29, 0.717) is 23.7 Å². The summed E-state index contributed by atoms with van der Waals surface area (Å²) >= 11 is 1.70. The maximum Gasteiger partial charge on any atom is 3.00 e. The van der Waals surface area contributed by atoms with E-state index in [1.54, 1.807) is 23.9 Å². The molecule has 3 heterocycles. The van der Waals surface area contributed by atoms with Crippen molar-refractivity contribution in [1.29, 1.82) is 0 Å². The summed E-state index contributed by atoms with van der Waals surface area (Å²) in [4.78, 5) is 13.4. The smallest absolute Gasteiger partial charge is 0.872 e. The maximum absolute atomic E-state index is 11.6. The predicted molar refractivity (Wildman–Crippen MR) is 196 cm³/mol. The van der Waals surface area contributed by atoms with Crippen molar-refractivity contribution in [3.8, 4) is 28.7 Å². The van der Waals surface area contributed by atoms with Gasteiger partial charge in [0.2, 0.25) is 0 Å². The van der Waals surface area contributed by atoms with Crippen LogP contribution in [0.2, 0.25) is 0 Å². The van der Waals surface area contributed by atoms with Gasteiger partial charge in [0.25, 0.3) is 0 Å². The molecule has 9 nitrogen and oxygen atoms in total. The molecule has 0 bridgehead atoms. The molecule has 0 fully saturated rings. The number of hydrogen-bond acceptors (Lipinski definition) is 9. The standard InChI is InChI=1S/2C14H10NO2.C12H15NOS.Ir.H2O/c2*16-9-10-6-7-13-12(8-10)15-14(17-13)11-4-2-1-3-5-11;1-8(2)10-7-15-12(13-10)9-5-3-4-6-11(9)14;;/h2*1-4,6-8,16H,9H2;3-6,8,10,14H,7H2,1-2H3;;1H2/q2*-1;;+3;/p-1/t;;10-;;/m..1../s1. The molecule has 4 N–H and O–H groups in total. The minimum absolute atomic E-state index is 0. The van der Waals surface area contributed by atoms with E-state index < -0.39 is 0 Å². The molecule has 0 radical (unpaired) electrons. The Morgan fingerprint density at radius 1 is 0.765 bits per heavy atom. The van der Waals surface area contributed by atoms with Crippen molar-refractivity contribution in [3.63, 3.8) is 0 Å². The third kappa shape index (κ3) is 9.80. The first-order valence-electron chi connectivity index (χ1n) is 15.8. The van der Waals surface area contributed by atoms with Gasteiger partial charge < -0.3 is 29.6 Å². The second-order valence-electron chi connectivity index (χ2n) is 11.6. The van der Waals surface area contributed by atoms with Gasteiger partial charge in [0.1, 0.15) is 22.9 Å². The van der Waals surface area contributed by atoms with Gasteiger partial charge in [-0.3, -0.25) is 15.0 Å². The summed E-state index contributed by atoms with van der Waals surface area (Å²) < 4.78 is 11.3. The number of benzene rings is 5. The summed E-state index contributed by atoms with van der Waals surface area (Å²) in [6.07, 6.45) is 0. The van der Waals surface area contributed by atoms with Crippen LogP contribution in [0.4, 0.5) is 0 Å². The third-order valence-corrected chi connectivity index (χ3v) is 8.82. The second-order valence-corrected chi connectivity index (χ2v) is 12.6. The zero-order chi connectivity index (χ0) is 34.2. The maximum atomic E-state index is 11.6. The molecule has 7 aromatic rings. The first-order chi connectivity index (χ1) is 23.9. The molecule has 0 unspecified atom stereocenters. The van der Waals surface area contributed by atoms with Crippen LogP contribution in [0.25, 0.3) is 45.1 Å². The van der Waals surface area contributed by atoms with E-state index in [0.717, 1.165) is 60.8 Å². The zero-order valence-electron chi connectivity index (χ0n) is 27.9. The minimum atomic E-state index is 0. The molecule has 0 amide bonds. The van der Waals surface area contributed by atoms with Crippen LogP contribution in [-0.2, 0) is 33.3 Å². The number of aliphatic hydroxyl groups is 2. The molecule has 1 aliphatic heterocycles. The topological polar surface area (TPSA) is 159 Å². The first kappa shape index (κ1) is 39.2. The SMILES string of the molecule is CC(C)[C@H]1CSC(c2ccccc2[O-])=N1.O.OCc1ccc2oc(-c3[c-]cccc3)nc2c1.OCc1ccc2oc(-c3[c-]cccc3)nc2c1.[Ir+3]. The van der Waals surface area contributed by atoms with Gasteiger partial charge >= 0.3 is 20.1 Å². The summed E-state index contributed by atoms with van der Waals surface area (Å²) in [5, 5.41) is 30.6. The largest absolute Gasteiger partial charge is 3.00 e. The van der Waals surface area contributed by atoms with Crippen molar-refractivity contribution in [3.05, 3.63) is 138 Å². The van der Waals surface area contributed by atoms with Gasteiger partial charge in [0.05, 0.1) is 35.3 Å². The van der Waals surface area contributed by atoms with Gasteiger partial charge in [-0.2, -0.15) is 0 Å². The van der Waals surface area contributed by atoms with Crippen LogP contribution in [0.5, 0.6) is 5.75 Å². The fourth-order valence-electron chi connectivity index (χ4n) is 4.95. The van der Waals surface area contributed by atoms with Crippen molar-refractivity contribution in [2.75, 3.05) is 5.75 Å².